The Bertz CT molecular complexity index is 733. The van der Waals surface area contributed by atoms with Crippen LogP contribution in [-0.4, -0.2) is 29.5 Å². The molecule has 1 aromatic heterocycles. The standard InChI is InChI=1S/C18H20F3N3O2/c1-3-4-7-14-9-10-16(23-22-14)24(2)17(25)12-13-6-5-8-15(11-13)26-18(19,20)21/h5-6,8-11H,3-4,7,12H2,1-2H3. The van der Waals surface area contributed by atoms with Crippen LogP contribution in [0.25, 0.3) is 0 Å². The monoisotopic (exact) mass is 367 g/mol. The smallest absolute Gasteiger partial charge is 0.406 e. The average molecular weight is 367 g/mol. The largest absolute Gasteiger partial charge is 0.573 e. The number of ether oxygens (including phenoxy) is 1. The number of anilines is 1. The molecule has 0 N–H and O–H groups in total. The predicted octanol–water partition coefficient (Wildman–Crippen LogP) is 3.92. The minimum Gasteiger partial charge on any atom is -0.406 e. The summed E-state index contributed by atoms with van der Waals surface area (Å²) < 4.78 is 40.7. The number of aryl methyl sites for hydroxylation is 1. The van der Waals surface area contributed by atoms with Crippen molar-refractivity contribution in [1.29, 1.82) is 0 Å². The van der Waals surface area contributed by atoms with Crippen molar-refractivity contribution in [3.8, 4) is 5.75 Å². The summed E-state index contributed by atoms with van der Waals surface area (Å²) >= 11 is 0. The summed E-state index contributed by atoms with van der Waals surface area (Å²) in [4.78, 5) is 13.7. The molecule has 0 aliphatic heterocycles. The van der Waals surface area contributed by atoms with Crippen LogP contribution in [0, 0.1) is 0 Å². The fourth-order valence-corrected chi connectivity index (χ4v) is 2.30. The lowest BCUT2D eigenvalue weighted by molar-refractivity contribution is -0.274. The molecular formula is C18H20F3N3O2. The van der Waals surface area contributed by atoms with E-state index in [4.69, 9.17) is 0 Å². The Morgan fingerprint density at radius 3 is 2.58 bits per heavy atom. The first-order chi connectivity index (χ1) is 12.3. The van der Waals surface area contributed by atoms with Crippen molar-refractivity contribution < 1.29 is 22.7 Å². The highest BCUT2D eigenvalue weighted by Crippen LogP contribution is 2.23. The lowest BCUT2D eigenvalue weighted by Gasteiger charge is -2.16. The Labute approximate surface area is 149 Å². The molecule has 0 saturated heterocycles. The van der Waals surface area contributed by atoms with Gasteiger partial charge in [-0.05, 0) is 42.7 Å². The number of carbonyl (C=O) groups excluding carboxylic acids is 1. The number of benzene rings is 1. The van der Waals surface area contributed by atoms with Gasteiger partial charge < -0.3 is 4.74 Å². The van der Waals surface area contributed by atoms with Crippen molar-refractivity contribution in [1.82, 2.24) is 10.2 Å². The third kappa shape index (κ3) is 6.02. The zero-order valence-electron chi connectivity index (χ0n) is 14.6. The Morgan fingerprint density at radius 1 is 1.19 bits per heavy atom. The second-order valence-electron chi connectivity index (χ2n) is 5.81. The summed E-state index contributed by atoms with van der Waals surface area (Å²) in [5.41, 5.74) is 1.27. The highest BCUT2D eigenvalue weighted by atomic mass is 19.4. The highest BCUT2D eigenvalue weighted by Gasteiger charge is 2.31. The molecule has 0 aliphatic carbocycles. The minimum absolute atomic E-state index is 0.0785. The third-order valence-electron chi connectivity index (χ3n) is 3.70. The van der Waals surface area contributed by atoms with Crippen LogP contribution < -0.4 is 9.64 Å². The fraction of sp³-hybridized carbons (Fsp3) is 0.389. The number of aromatic nitrogens is 2. The molecule has 0 spiro atoms. The number of hydrogen-bond acceptors (Lipinski definition) is 4. The molecule has 1 heterocycles. The van der Waals surface area contributed by atoms with Crippen LogP contribution in [0.4, 0.5) is 19.0 Å². The SMILES string of the molecule is CCCCc1ccc(N(C)C(=O)Cc2cccc(OC(F)(F)F)c2)nn1. The van der Waals surface area contributed by atoms with E-state index >= 15 is 0 Å². The zero-order valence-corrected chi connectivity index (χ0v) is 14.6. The normalized spacial score (nSPS) is 11.3. The van der Waals surface area contributed by atoms with Gasteiger partial charge in [0, 0.05) is 7.05 Å². The molecule has 5 nitrogen and oxygen atoms in total. The van der Waals surface area contributed by atoms with Gasteiger partial charge >= 0.3 is 6.36 Å². The van der Waals surface area contributed by atoms with E-state index in [1.165, 1.54) is 23.1 Å². The molecule has 0 unspecified atom stereocenters. The van der Waals surface area contributed by atoms with Crippen LogP contribution in [0.5, 0.6) is 5.75 Å². The fourth-order valence-electron chi connectivity index (χ4n) is 2.30. The van der Waals surface area contributed by atoms with Gasteiger partial charge in [0.15, 0.2) is 5.82 Å². The molecule has 0 atom stereocenters. The van der Waals surface area contributed by atoms with Gasteiger partial charge in [-0.3, -0.25) is 9.69 Å². The molecule has 1 aromatic carbocycles. The van der Waals surface area contributed by atoms with Crippen molar-refractivity contribution >= 4 is 11.7 Å². The summed E-state index contributed by atoms with van der Waals surface area (Å²) in [6.45, 7) is 2.09. The first kappa shape index (κ1) is 19.7. The van der Waals surface area contributed by atoms with Gasteiger partial charge in [-0.1, -0.05) is 25.5 Å². The van der Waals surface area contributed by atoms with E-state index in [9.17, 15) is 18.0 Å². The number of carbonyl (C=O) groups is 1. The molecule has 0 saturated carbocycles. The van der Waals surface area contributed by atoms with Gasteiger partial charge in [0.05, 0.1) is 12.1 Å². The summed E-state index contributed by atoms with van der Waals surface area (Å²) in [5, 5.41) is 8.13. The van der Waals surface area contributed by atoms with Crippen LogP contribution >= 0.6 is 0 Å². The number of amides is 1. The van der Waals surface area contributed by atoms with Gasteiger partial charge in [-0.15, -0.1) is 18.3 Å². The molecule has 0 aliphatic rings. The summed E-state index contributed by atoms with van der Waals surface area (Å²) in [6, 6.07) is 8.88. The first-order valence-corrected chi connectivity index (χ1v) is 8.22. The van der Waals surface area contributed by atoms with Crippen LogP contribution in [0.3, 0.4) is 0 Å². The predicted molar refractivity (Wildman–Crippen MR) is 90.9 cm³/mol. The van der Waals surface area contributed by atoms with E-state index < -0.39 is 6.36 Å². The number of halogens is 3. The lowest BCUT2D eigenvalue weighted by atomic mass is 10.1. The van der Waals surface area contributed by atoms with Gasteiger partial charge in [0.25, 0.3) is 0 Å². The summed E-state index contributed by atoms with van der Waals surface area (Å²) in [7, 11) is 1.55. The molecule has 2 rings (SSSR count). The Hall–Kier alpha value is -2.64. The first-order valence-electron chi connectivity index (χ1n) is 8.22. The van der Waals surface area contributed by atoms with Crippen molar-refractivity contribution in [3.05, 3.63) is 47.7 Å². The number of likely N-dealkylation sites (N-methyl/N-ethyl adjacent to an activating group) is 1. The van der Waals surface area contributed by atoms with E-state index in [0.717, 1.165) is 25.0 Å². The van der Waals surface area contributed by atoms with E-state index in [1.807, 2.05) is 6.07 Å². The van der Waals surface area contributed by atoms with E-state index in [2.05, 4.69) is 21.9 Å². The van der Waals surface area contributed by atoms with E-state index in [0.29, 0.717) is 11.4 Å². The van der Waals surface area contributed by atoms with Crippen LogP contribution in [0.2, 0.25) is 0 Å². The number of alkyl halides is 3. The van der Waals surface area contributed by atoms with Gasteiger partial charge in [0.2, 0.25) is 5.91 Å². The molecule has 2 aromatic rings. The van der Waals surface area contributed by atoms with Crippen LogP contribution in [-0.2, 0) is 17.6 Å². The second-order valence-corrected chi connectivity index (χ2v) is 5.81. The Kier molecular flexibility index (Phi) is 6.54. The van der Waals surface area contributed by atoms with Gasteiger partial charge in [-0.25, -0.2) is 0 Å². The quantitative estimate of drug-likeness (QED) is 0.744. The van der Waals surface area contributed by atoms with Crippen LogP contribution in [0.1, 0.15) is 31.0 Å². The number of nitrogens with zero attached hydrogens (tertiary/aromatic N) is 3. The number of hydrogen-bond donors (Lipinski definition) is 0. The number of rotatable bonds is 7. The molecule has 0 fully saturated rings. The van der Waals surface area contributed by atoms with Crippen molar-refractivity contribution in [3.63, 3.8) is 0 Å². The summed E-state index contributed by atoms with van der Waals surface area (Å²) in [5.74, 6) is -0.284. The molecule has 0 bridgehead atoms. The maximum Gasteiger partial charge on any atom is 0.573 e. The second kappa shape index (κ2) is 8.64. The molecule has 8 heteroatoms. The Balaban J connectivity index is 2.01. The maximum atomic E-state index is 12.4. The van der Waals surface area contributed by atoms with Gasteiger partial charge in [0.1, 0.15) is 5.75 Å². The van der Waals surface area contributed by atoms with Gasteiger partial charge in [-0.2, -0.15) is 5.10 Å². The number of unbranched alkanes of at least 4 members (excludes halogenated alkanes) is 1. The topological polar surface area (TPSA) is 55.3 Å². The van der Waals surface area contributed by atoms with Crippen molar-refractivity contribution in [2.45, 2.75) is 39.0 Å². The van der Waals surface area contributed by atoms with Crippen molar-refractivity contribution in [2.24, 2.45) is 0 Å². The Morgan fingerprint density at radius 2 is 1.96 bits per heavy atom. The highest BCUT2D eigenvalue weighted by molar-refractivity contribution is 5.93. The van der Waals surface area contributed by atoms with Crippen LogP contribution in [0.15, 0.2) is 36.4 Å². The maximum absolute atomic E-state index is 12.4. The van der Waals surface area contributed by atoms with E-state index in [-0.39, 0.29) is 18.1 Å². The summed E-state index contributed by atoms with van der Waals surface area (Å²) in [6.07, 6.45) is -1.95. The third-order valence-corrected chi connectivity index (χ3v) is 3.70. The molecule has 1 amide bonds. The lowest BCUT2D eigenvalue weighted by Crippen LogP contribution is -2.29. The molecule has 26 heavy (non-hydrogen) atoms. The molecule has 140 valence electrons. The molecular weight excluding hydrogens is 347 g/mol. The average Bonchev–Trinajstić information content (AvgIpc) is 2.58. The zero-order chi connectivity index (χ0) is 19.2. The van der Waals surface area contributed by atoms with E-state index in [1.54, 1.807) is 19.2 Å². The van der Waals surface area contributed by atoms with Crippen molar-refractivity contribution in [2.75, 3.05) is 11.9 Å². The molecule has 0 radical (unpaired) electrons. The minimum atomic E-state index is -4.77.